The van der Waals surface area contributed by atoms with E-state index in [0.717, 1.165) is 6.08 Å². The molecular formula is C15H14N2O. The van der Waals surface area contributed by atoms with Gasteiger partial charge in [-0.05, 0) is 18.2 Å². The van der Waals surface area contributed by atoms with Gasteiger partial charge in [0.05, 0.1) is 0 Å². The van der Waals surface area contributed by atoms with E-state index in [0.29, 0.717) is 0 Å². The number of rotatable bonds is 1. The van der Waals surface area contributed by atoms with E-state index >= 15 is 0 Å². The van der Waals surface area contributed by atoms with Gasteiger partial charge in [-0.25, -0.2) is 0 Å². The second-order valence-corrected chi connectivity index (χ2v) is 3.82. The number of carbonyl (C=O) groups excluding carboxylic acids is 1. The van der Waals surface area contributed by atoms with Crippen LogP contribution in [0.15, 0.2) is 61.2 Å². The van der Waals surface area contributed by atoms with Gasteiger partial charge in [0, 0.05) is 21.8 Å². The number of H-pyrrole nitrogens is 1. The molecule has 3 aromatic rings. The highest BCUT2D eigenvalue weighted by molar-refractivity contribution is 6.06. The van der Waals surface area contributed by atoms with Crippen LogP contribution in [-0.2, 0) is 4.79 Å². The maximum Gasteiger partial charge on any atom is 0.240 e. The average molecular weight is 238 g/mol. The largest absolute Gasteiger partial charge is 0.366 e. The Bertz CT molecular complexity index is 647. The fraction of sp³-hybridized carbons (Fsp3) is 0. The van der Waals surface area contributed by atoms with Crippen LogP contribution in [0.3, 0.4) is 0 Å². The zero-order chi connectivity index (χ0) is 13.0. The highest BCUT2D eigenvalue weighted by Gasteiger charge is 2.00. The van der Waals surface area contributed by atoms with E-state index in [1.54, 1.807) is 0 Å². The molecule has 0 unspecified atom stereocenters. The second-order valence-electron chi connectivity index (χ2n) is 3.82. The molecule has 0 radical (unpaired) electrons. The summed E-state index contributed by atoms with van der Waals surface area (Å²) in [5.74, 6) is -0.481. The number of amides is 1. The number of nitrogens with one attached hydrogen (secondary N) is 1. The van der Waals surface area contributed by atoms with Gasteiger partial charge in [-0.15, -0.1) is 0 Å². The first-order valence-electron chi connectivity index (χ1n) is 5.59. The van der Waals surface area contributed by atoms with Gasteiger partial charge in [0.15, 0.2) is 0 Å². The molecule has 0 aliphatic carbocycles. The lowest BCUT2D eigenvalue weighted by molar-refractivity contribution is -0.113. The molecule has 2 aromatic carbocycles. The third-order valence-corrected chi connectivity index (χ3v) is 2.61. The maximum atomic E-state index is 9.47. The van der Waals surface area contributed by atoms with Crippen LogP contribution in [0.4, 0.5) is 0 Å². The summed E-state index contributed by atoms with van der Waals surface area (Å²) in [5, 5.41) is 2.61. The summed E-state index contributed by atoms with van der Waals surface area (Å²) in [6, 6.07) is 16.8. The molecule has 0 fully saturated rings. The van der Waals surface area contributed by atoms with Crippen LogP contribution in [0.1, 0.15) is 0 Å². The van der Waals surface area contributed by atoms with Crippen molar-refractivity contribution in [2.24, 2.45) is 5.73 Å². The summed E-state index contributed by atoms with van der Waals surface area (Å²) in [7, 11) is 0. The topological polar surface area (TPSA) is 58.9 Å². The van der Waals surface area contributed by atoms with Crippen LogP contribution >= 0.6 is 0 Å². The number of fused-ring (bicyclic) bond motifs is 3. The van der Waals surface area contributed by atoms with Crippen molar-refractivity contribution in [3.8, 4) is 0 Å². The molecule has 3 N–H and O–H groups in total. The Morgan fingerprint density at radius 1 is 1.00 bits per heavy atom. The zero-order valence-electron chi connectivity index (χ0n) is 9.89. The third-order valence-electron chi connectivity index (χ3n) is 2.61. The molecule has 3 nitrogen and oxygen atoms in total. The smallest absolute Gasteiger partial charge is 0.240 e. The molecule has 3 rings (SSSR count). The molecule has 1 heterocycles. The van der Waals surface area contributed by atoms with E-state index in [-0.39, 0.29) is 0 Å². The number of carbonyl (C=O) groups is 1. The molecule has 3 heteroatoms. The van der Waals surface area contributed by atoms with Crippen molar-refractivity contribution in [1.29, 1.82) is 0 Å². The number of primary amides is 1. The van der Waals surface area contributed by atoms with Crippen LogP contribution in [0.2, 0.25) is 0 Å². The van der Waals surface area contributed by atoms with Crippen molar-refractivity contribution < 1.29 is 4.79 Å². The average Bonchev–Trinajstić information content (AvgIpc) is 2.78. The number of benzene rings is 2. The van der Waals surface area contributed by atoms with Gasteiger partial charge in [-0.2, -0.15) is 0 Å². The number of hydrogen-bond acceptors (Lipinski definition) is 1. The Morgan fingerprint density at radius 2 is 1.39 bits per heavy atom. The van der Waals surface area contributed by atoms with E-state index in [2.05, 4.69) is 65.8 Å². The van der Waals surface area contributed by atoms with Crippen LogP contribution in [0.25, 0.3) is 21.8 Å². The van der Waals surface area contributed by atoms with E-state index in [4.69, 9.17) is 0 Å². The lowest BCUT2D eigenvalue weighted by Crippen LogP contribution is -2.04. The molecule has 1 amide bonds. The Hall–Kier alpha value is -2.55. The summed E-state index contributed by atoms with van der Waals surface area (Å²) < 4.78 is 0. The number of aromatic amines is 1. The lowest BCUT2D eigenvalue weighted by atomic mass is 10.2. The molecule has 0 spiro atoms. The van der Waals surface area contributed by atoms with Crippen molar-refractivity contribution in [2.45, 2.75) is 0 Å². The van der Waals surface area contributed by atoms with Gasteiger partial charge >= 0.3 is 0 Å². The number of para-hydroxylation sites is 2. The minimum Gasteiger partial charge on any atom is -0.366 e. The first kappa shape index (κ1) is 11.9. The van der Waals surface area contributed by atoms with E-state index < -0.39 is 5.91 Å². The fourth-order valence-electron chi connectivity index (χ4n) is 1.80. The summed E-state index contributed by atoms with van der Waals surface area (Å²) in [6.07, 6.45) is 1.06. The normalized spacial score (nSPS) is 9.78. The van der Waals surface area contributed by atoms with Crippen LogP contribution < -0.4 is 5.73 Å². The summed E-state index contributed by atoms with van der Waals surface area (Å²) >= 11 is 0. The van der Waals surface area contributed by atoms with Gasteiger partial charge in [-0.3, -0.25) is 4.79 Å². The SMILES string of the molecule is C=CC(N)=O.c1ccc2c(c1)[nH]c1ccccc12. The Labute approximate surface area is 105 Å². The number of aromatic nitrogens is 1. The van der Waals surface area contributed by atoms with Crippen molar-refractivity contribution in [3.63, 3.8) is 0 Å². The van der Waals surface area contributed by atoms with Crippen LogP contribution in [0.5, 0.6) is 0 Å². The Kier molecular flexibility index (Phi) is 3.44. The predicted octanol–water partition coefficient (Wildman–Crippen LogP) is 2.98. The quantitative estimate of drug-likeness (QED) is 0.629. The van der Waals surface area contributed by atoms with E-state index in [9.17, 15) is 4.79 Å². The van der Waals surface area contributed by atoms with Crippen molar-refractivity contribution in [2.75, 3.05) is 0 Å². The van der Waals surface area contributed by atoms with Crippen LogP contribution in [-0.4, -0.2) is 10.9 Å². The summed E-state index contributed by atoms with van der Waals surface area (Å²) in [6.45, 7) is 3.09. The molecule has 0 atom stereocenters. The number of hydrogen-bond donors (Lipinski definition) is 2. The first-order chi connectivity index (χ1) is 8.72. The number of nitrogens with two attached hydrogens (primary N) is 1. The minimum atomic E-state index is -0.481. The van der Waals surface area contributed by atoms with Gasteiger partial charge in [0.1, 0.15) is 0 Å². The lowest BCUT2D eigenvalue weighted by Gasteiger charge is -1.87. The molecule has 0 aliphatic heterocycles. The molecule has 0 bridgehead atoms. The molecule has 1 aromatic heterocycles. The van der Waals surface area contributed by atoms with Gasteiger partial charge in [0.2, 0.25) is 5.91 Å². The minimum absolute atomic E-state index is 0.481. The third kappa shape index (κ3) is 2.40. The van der Waals surface area contributed by atoms with Crippen molar-refractivity contribution in [3.05, 3.63) is 61.2 Å². The second kappa shape index (κ2) is 5.19. The first-order valence-corrected chi connectivity index (χ1v) is 5.59. The summed E-state index contributed by atoms with van der Waals surface area (Å²) in [4.78, 5) is 12.9. The van der Waals surface area contributed by atoms with E-state index in [1.165, 1.54) is 21.8 Å². The fourth-order valence-corrected chi connectivity index (χ4v) is 1.80. The standard InChI is InChI=1S/C12H9N.C3H5NO/c1-3-7-11-9(5-1)10-6-2-4-8-12(10)13-11;1-2-3(4)5/h1-8,13H;2H,1H2,(H2,4,5). The van der Waals surface area contributed by atoms with Gasteiger partial charge in [0.25, 0.3) is 0 Å². The molecule has 90 valence electrons. The zero-order valence-corrected chi connectivity index (χ0v) is 9.89. The highest BCUT2D eigenvalue weighted by Crippen LogP contribution is 2.24. The monoisotopic (exact) mass is 238 g/mol. The van der Waals surface area contributed by atoms with E-state index in [1.807, 2.05) is 0 Å². The Balaban J connectivity index is 0.000000209. The van der Waals surface area contributed by atoms with Crippen molar-refractivity contribution >= 4 is 27.7 Å². The van der Waals surface area contributed by atoms with Gasteiger partial charge < -0.3 is 10.7 Å². The molecule has 0 saturated carbocycles. The van der Waals surface area contributed by atoms with Crippen LogP contribution in [0, 0.1) is 0 Å². The highest BCUT2D eigenvalue weighted by atomic mass is 16.1. The Morgan fingerprint density at radius 3 is 1.78 bits per heavy atom. The van der Waals surface area contributed by atoms with Gasteiger partial charge in [-0.1, -0.05) is 43.0 Å². The molecule has 0 saturated heterocycles. The maximum absolute atomic E-state index is 9.47. The molecule has 0 aliphatic rings. The summed E-state index contributed by atoms with van der Waals surface area (Å²) in [5.41, 5.74) is 6.96. The predicted molar refractivity (Wildman–Crippen MR) is 75.2 cm³/mol. The molecule has 18 heavy (non-hydrogen) atoms. The van der Waals surface area contributed by atoms with Crippen molar-refractivity contribution in [1.82, 2.24) is 4.98 Å². The molecular weight excluding hydrogens is 224 g/mol.